The second-order valence-corrected chi connectivity index (χ2v) is 7.75. The lowest BCUT2D eigenvalue weighted by molar-refractivity contribution is -0.129. The number of aryl methyl sites for hydroxylation is 1. The van der Waals surface area contributed by atoms with Gasteiger partial charge in [0.15, 0.2) is 0 Å². The van der Waals surface area contributed by atoms with Crippen molar-refractivity contribution in [3.63, 3.8) is 0 Å². The Morgan fingerprint density at radius 2 is 1.90 bits per heavy atom. The highest BCUT2D eigenvalue weighted by atomic mass is 16.5. The van der Waals surface area contributed by atoms with Gasteiger partial charge in [-0.3, -0.25) is 9.59 Å². The van der Waals surface area contributed by atoms with E-state index in [2.05, 4.69) is 5.32 Å². The minimum Gasteiger partial charge on any atom is -0.496 e. The normalized spacial score (nSPS) is 20.3. The summed E-state index contributed by atoms with van der Waals surface area (Å²) in [6.45, 7) is 6.06. The van der Waals surface area contributed by atoms with Crippen molar-refractivity contribution in [1.29, 1.82) is 0 Å². The van der Waals surface area contributed by atoms with Gasteiger partial charge in [-0.05, 0) is 44.9 Å². The fraction of sp³-hybridized carbons (Fsp3) is 0.417. The summed E-state index contributed by atoms with van der Waals surface area (Å²) >= 11 is 0. The zero-order valence-electron chi connectivity index (χ0n) is 17.6. The third-order valence-corrected chi connectivity index (χ3v) is 5.70. The number of nitrogens with zero attached hydrogens (tertiary/aromatic N) is 1. The number of hydrogen-bond acceptors (Lipinski definition) is 3. The molecule has 1 aliphatic rings. The van der Waals surface area contributed by atoms with E-state index in [-0.39, 0.29) is 23.8 Å². The fourth-order valence-corrected chi connectivity index (χ4v) is 3.90. The quantitative estimate of drug-likeness (QED) is 0.790. The van der Waals surface area contributed by atoms with Crippen molar-refractivity contribution in [2.45, 2.75) is 52.1 Å². The highest BCUT2D eigenvalue weighted by Crippen LogP contribution is 2.43. The van der Waals surface area contributed by atoms with Crippen molar-refractivity contribution in [2.24, 2.45) is 5.92 Å². The molecular formula is C24H30N2O3. The second kappa shape index (κ2) is 9.12. The Morgan fingerprint density at radius 1 is 1.21 bits per heavy atom. The van der Waals surface area contributed by atoms with E-state index < -0.39 is 6.04 Å². The van der Waals surface area contributed by atoms with E-state index in [0.717, 1.165) is 23.2 Å². The van der Waals surface area contributed by atoms with Crippen LogP contribution in [0.5, 0.6) is 5.75 Å². The molecule has 0 aliphatic carbocycles. The molecule has 3 atom stereocenters. The Kier molecular flexibility index (Phi) is 6.57. The number of anilines is 1. The predicted octanol–water partition coefficient (Wildman–Crippen LogP) is 4.40. The van der Waals surface area contributed by atoms with Crippen LogP contribution in [-0.2, 0) is 9.59 Å². The zero-order valence-corrected chi connectivity index (χ0v) is 17.6. The van der Waals surface area contributed by atoms with Gasteiger partial charge < -0.3 is 15.0 Å². The van der Waals surface area contributed by atoms with E-state index in [4.69, 9.17) is 4.74 Å². The average molecular weight is 395 g/mol. The van der Waals surface area contributed by atoms with Crippen molar-refractivity contribution >= 4 is 17.5 Å². The summed E-state index contributed by atoms with van der Waals surface area (Å²) in [6.07, 6.45) is 1.72. The molecule has 1 heterocycles. The van der Waals surface area contributed by atoms with Crippen LogP contribution in [0, 0.1) is 12.8 Å². The monoisotopic (exact) mass is 394 g/mol. The molecule has 154 valence electrons. The first kappa shape index (κ1) is 20.9. The van der Waals surface area contributed by atoms with Crippen LogP contribution in [0.25, 0.3) is 0 Å². The van der Waals surface area contributed by atoms with Gasteiger partial charge in [-0.1, -0.05) is 42.8 Å². The summed E-state index contributed by atoms with van der Waals surface area (Å²) < 4.78 is 5.60. The van der Waals surface area contributed by atoms with Gasteiger partial charge in [-0.2, -0.15) is 0 Å². The molecule has 0 saturated carbocycles. The summed E-state index contributed by atoms with van der Waals surface area (Å²) in [5.41, 5.74) is 2.78. The molecule has 1 saturated heterocycles. The van der Waals surface area contributed by atoms with Crippen LogP contribution in [0.1, 0.15) is 50.3 Å². The van der Waals surface area contributed by atoms with Crippen LogP contribution in [0.15, 0.2) is 48.5 Å². The molecule has 29 heavy (non-hydrogen) atoms. The summed E-state index contributed by atoms with van der Waals surface area (Å²) in [5, 5.41) is 3.11. The van der Waals surface area contributed by atoms with Crippen molar-refractivity contribution in [3.05, 3.63) is 59.7 Å². The molecule has 1 fully saturated rings. The van der Waals surface area contributed by atoms with Gasteiger partial charge >= 0.3 is 0 Å². The number of benzene rings is 2. The molecule has 2 amide bonds. The van der Waals surface area contributed by atoms with Crippen molar-refractivity contribution in [1.82, 2.24) is 5.32 Å². The third kappa shape index (κ3) is 4.44. The third-order valence-electron chi connectivity index (χ3n) is 5.70. The van der Waals surface area contributed by atoms with Gasteiger partial charge in [0.2, 0.25) is 11.8 Å². The van der Waals surface area contributed by atoms with E-state index in [1.807, 2.05) is 69.3 Å². The molecule has 5 heteroatoms. The lowest BCUT2D eigenvalue weighted by Gasteiger charge is -2.41. The number of carbonyl (C=O) groups is 2. The Balaban J connectivity index is 2.10. The van der Waals surface area contributed by atoms with Crippen LogP contribution in [0.4, 0.5) is 5.69 Å². The molecule has 2 aromatic carbocycles. The van der Waals surface area contributed by atoms with E-state index in [1.54, 1.807) is 12.0 Å². The Labute approximate surface area is 173 Å². The van der Waals surface area contributed by atoms with Crippen LogP contribution in [0.3, 0.4) is 0 Å². The standard InChI is InChI=1S/C24H30N2O3/c1-5-17(3)25-24(28)20-14-15-22(27)26(18-12-10-16(2)11-13-18)23(20)19-8-6-7-9-21(19)29-4/h6-13,17,20,23H,5,14-15H2,1-4H3,(H,25,28)/t17-,20-,23-/m0/s1. The first-order chi connectivity index (χ1) is 14.0. The molecule has 3 rings (SSSR count). The van der Waals surface area contributed by atoms with Crippen LogP contribution >= 0.6 is 0 Å². The summed E-state index contributed by atoms with van der Waals surface area (Å²) in [7, 11) is 1.62. The molecule has 0 bridgehead atoms. The summed E-state index contributed by atoms with van der Waals surface area (Å²) in [4.78, 5) is 28.0. The molecule has 2 aromatic rings. The predicted molar refractivity (Wildman–Crippen MR) is 115 cm³/mol. The number of rotatable bonds is 6. The fourth-order valence-electron chi connectivity index (χ4n) is 3.90. The topological polar surface area (TPSA) is 58.6 Å². The van der Waals surface area contributed by atoms with E-state index in [0.29, 0.717) is 18.6 Å². The molecule has 0 unspecified atom stereocenters. The minimum absolute atomic E-state index is 0.0140. The lowest BCUT2D eigenvalue weighted by Crippen LogP contribution is -2.49. The molecule has 1 aliphatic heterocycles. The zero-order chi connectivity index (χ0) is 21.0. The van der Waals surface area contributed by atoms with Gasteiger partial charge in [0.05, 0.1) is 19.1 Å². The number of carbonyl (C=O) groups excluding carboxylic acids is 2. The largest absolute Gasteiger partial charge is 0.496 e. The molecule has 1 N–H and O–H groups in total. The molecular weight excluding hydrogens is 364 g/mol. The van der Waals surface area contributed by atoms with Crippen LogP contribution in [-0.4, -0.2) is 25.0 Å². The first-order valence-corrected chi connectivity index (χ1v) is 10.3. The molecule has 0 spiro atoms. The van der Waals surface area contributed by atoms with Crippen molar-refractivity contribution in [2.75, 3.05) is 12.0 Å². The average Bonchev–Trinajstić information content (AvgIpc) is 2.74. The smallest absolute Gasteiger partial charge is 0.227 e. The Hall–Kier alpha value is -2.82. The number of nitrogens with one attached hydrogen (secondary N) is 1. The number of para-hydroxylation sites is 1. The second-order valence-electron chi connectivity index (χ2n) is 7.75. The number of methoxy groups -OCH3 is 1. The van der Waals surface area contributed by atoms with E-state index in [9.17, 15) is 9.59 Å². The highest BCUT2D eigenvalue weighted by molar-refractivity contribution is 5.97. The number of ether oxygens (including phenoxy) is 1. The number of piperidine rings is 1. The summed E-state index contributed by atoms with van der Waals surface area (Å²) in [5.74, 6) is 0.349. The minimum atomic E-state index is -0.417. The molecule has 0 aromatic heterocycles. The molecule has 5 nitrogen and oxygen atoms in total. The van der Waals surface area contributed by atoms with Crippen LogP contribution in [0.2, 0.25) is 0 Å². The SMILES string of the molecule is CC[C@H](C)NC(=O)[C@H]1CCC(=O)N(c2ccc(C)cc2)[C@H]1c1ccccc1OC. The Bertz CT molecular complexity index is 863. The van der Waals surface area contributed by atoms with E-state index >= 15 is 0 Å². The first-order valence-electron chi connectivity index (χ1n) is 10.3. The van der Waals surface area contributed by atoms with Gasteiger partial charge in [-0.15, -0.1) is 0 Å². The maximum absolute atomic E-state index is 13.2. The van der Waals surface area contributed by atoms with Crippen molar-refractivity contribution in [3.8, 4) is 5.75 Å². The number of hydrogen-bond donors (Lipinski definition) is 1. The van der Waals surface area contributed by atoms with Gasteiger partial charge in [0.25, 0.3) is 0 Å². The highest BCUT2D eigenvalue weighted by Gasteiger charge is 2.42. The van der Waals surface area contributed by atoms with E-state index in [1.165, 1.54) is 0 Å². The lowest BCUT2D eigenvalue weighted by atomic mass is 9.82. The van der Waals surface area contributed by atoms with Gasteiger partial charge in [-0.25, -0.2) is 0 Å². The van der Waals surface area contributed by atoms with Gasteiger partial charge in [0.1, 0.15) is 5.75 Å². The number of amides is 2. The van der Waals surface area contributed by atoms with Crippen LogP contribution < -0.4 is 15.0 Å². The van der Waals surface area contributed by atoms with Gasteiger partial charge in [0, 0.05) is 23.7 Å². The Morgan fingerprint density at radius 3 is 2.55 bits per heavy atom. The maximum Gasteiger partial charge on any atom is 0.227 e. The summed E-state index contributed by atoms with van der Waals surface area (Å²) in [6, 6.07) is 15.2. The maximum atomic E-state index is 13.2. The molecule has 0 radical (unpaired) electrons. The van der Waals surface area contributed by atoms with Crippen molar-refractivity contribution < 1.29 is 14.3 Å².